The minimum absolute atomic E-state index is 0.0409. The smallest absolute Gasteiger partial charge is 0.316 e. The number of esters is 1. The van der Waals surface area contributed by atoms with Crippen molar-refractivity contribution in [2.45, 2.75) is 32.6 Å². The van der Waals surface area contributed by atoms with E-state index in [-0.39, 0.29) is 48.3 Å². The number of aryl methyl sites for hydroxylation is 1. The van der Waals surface area contributed by atoms with E-state index in [4.69, 9.17) is 16.3 Å². The van der Waals surface area contributed by atoms with Gasteiger partial charge in [-0.25, -0.2) is 4.90 Å². The molecule has 3 amide bonds. The average molecular weight is 493 g/mol. The molecule has 2 aromatic rings. The van der Waals surface area contributed by atoms with E-state index >= 15 is 0 Å². The van der Waals surface area contributed by atoms with E-state index in [0.717, 1.165) is 24.8 Å². The van der Waals surface area contributed by atoms with Crippen molar-refractivity contribution in [1.82, 2.24) is 0 Å². The van der Waals surface area contributed by atoms with E-state index in [1.807, 2.05) is 19.1 Å². The first kappa shape index (κ1) is 22.3. The monoisotopic (exact) mass is 492 g/mol. The molecule has 8 heteroatoms. The second-order valence-corrected chi connectivity index (χ2v) is 10.6. The number of hydrogen-bond acceptors (Lipinski definition) is 5. The predicted molar refractivity (Wildman–Crippen MR) is 129 cm³/mol. The largest absolute Gasteiger partial charge is 0.426 e. The fourth-order valence-electron chi connectivity index (χ4n) is 6.41. The van der Waals surface area contributed by atoms with Crippen molar-refractivity contribution in [2.24, 2.45) is 29.6 Å². The van der Waals surface area contributed by atoms with Crippen molar-refractivity contribution in [3.05, 3.63) is 53.1 Å². The molecule has 4 aliphatic rings. The third-order valence-electron chi connectivity index (χ3n) is 8.15. The fourth-order valence-corrected chi connectivity index (χ4v) is 6.59. The zero-order chi connectivity index (χ0) is 24.4. The Morgan fingerprint density at radius 2 is 1.69 bits per heavy atom. The van der Waals surface area contributed by atoms with Gasteiger partial charge in [-0.3, -0.25) is 19.2 Å². The molecule has 35 heavy (non-hydrogen) atoms. The minimum Gasteiger partial charge on any atom is -0.426 e. The summed E-state index contributed by atoms with van der Waals surface area (Å²) in [5.41, 5.74) is 1.98. The zero-order valence-electron chi connectivity index (χ0n) is 19.3. The van der Waals surface area contributed by atoms with Crippen molar-refractivity contribution in [3.63, 3.8) is 0 Å². The Morgan fingerprint density at radius 1 is 0.971 bits per heavy atom. The number of carbonyl (C=O) groups is 4. The van der Waals surface area contributed by atoms with Gasteiger partial charge in [0.1, 0.15) is 5.75 Å². The summed E-state index contributed by atoms with van der Waals surface area (Å²) in [6.07, 6.45) is 3.05. The van der Waals surface area contributed by atoms with Crippen LogP contribution in [-0.4, -0.2) is 30.2 Å². The van der Waals surface area contributed by atoms with Gasteiger partial charge in [0.25, 0.3) is 0 Å². The molecule has 5 atom stereocenters. The number of amides is 3. The van der Waals surface area contributed by atoms with E-state index in [9.17, 15) is 19.2 Å². The van der Waals surface area contributed by atoms with E-state index in [0.29, 0.717) is 28.2 Å². The van der Waals surface area contributed by atoms with Gasteiger partial charge in [0.05, 0.1) is 23.4 Å². The van der Waals surface area contributed by atoms with Crippen LogP contribution in [0.15, 0.2) is 42.5 Å². The van der Waals surface area contributed by atoms with Crippen molar-refractivity contribution in [3.8, 4) is 5.75 Å². The molecule has 0 aromatic heterocycles. The van der Waals surface area contributed by atoms with Gasteiger partial charge >= 0.3 is 5.97 Å². The molecule has 7 nitrogen and oxygen atoms in total. The molecule has 6 rings (SSSR count). The SMILES string of the molecule is Cc1ccc(N2C[C@H](C(=O)Oc3cccc(N4C(=O)[C@@H]5[C@H]6CC[C@@H](C6)[C@@H]5C4=O)c3)CC2=O)cc1Cl. The number of rotatable bonds is 4. The molecule has 0 unspecified atom stereocenters. The maximum absolute atomic E-state index is 13.1. The number of benzene rings is 2. The summed E-state index contributed by atoms with van der Waals surface area (Å²) in [6.45, 7) is 2.08. The van der Waals surface area contributed by atoms with Gasteiger partial charge in [0.2, 0.25) is 17.7 Å². The summed E-state index contributed by atoms with van der Waals surface area (Å²) < 4.78 is 5.60. The average Bonchev–Trinajstić information content (AvgIpc) is 3.59. The van der Waals surface area contributed by atoms with Crippen LogP contribution in [0.25, 0.3) is 0 Å². The highest BCUT2D eigenvalue weighted by atomic mass is 35.5. The molecule has 2 aromatic carbocycles. The van der Waals surface area contributed by atoms with E-state index in [1.165, 1.54) is 4.90 Å². The standard InChI is InChI=1S/C27H25ClN2O5/c1-14-5-8-18(12-21(14)28)29-13-17(10-22(29)31)27(34)35-20-4-2-3-19(11-20)30-25(32)23-15-6-7-16(9-15)24(23)26(30)33/h2-5,8,11-12,15-17,23-24H,6-7,9-10,13H2,1H3/t15-,16-,17+,23-,24+/m0/s1. The van der Waals surface area contributed by atoms with Crippen LogP contribution >= 0.6 is 11.6 Å². The van der Waals surface area contributed by atoms with Gasteiger partial charge in [0.15, 0.2) is 0 Å². The Labute approximate surface area is 208 Å². The normalized spacial score (nSPS) is 29.3. The second-order valence-electron chi connectivity index (χ2n) is 10.2. The van der Waals surface area contributed by atoms with E-state index in [2.05, 4.69) is 0 Å². The Hall–Kier alpha value is -3.19. The first-order valence-electron chi connectivity index (χ1n) is 12.1. The molecular weight excluding hydrogens is 468 g/mol. The van der Waals surface area contributed by atoms with Gasteiger partial charge in [-0.15, -0.1) is 0 Å². The first-order valence-corrected chi connectivity index (χ1v) is 12.5. The van der Waals surface area contributed by atoms with Gasteiger partial charge < -0.3 is 9.64 Å². The number of imide groups is 1. The third kappa shape index (κ3) is 3.56. The summed E-state index contributed by atoms with van der Waals surface area (Å²) in [5.74, 6) is -1.16. The molecular formula is C27H25ClN2O5. The van der Waals surface area contributed by atoms with Crippen LogP contribution in [0, 0.1) is 36.5 Å². The summed E-state index contributed by atoms with van der Waals surface area (Å²) in [6, 6.07) is 11.9. The number of hydrogen-bond donors (Lipinski definition) is 0. The van der Waals surface area contributed by atoms with Crippen molar-refractivity contribution >= 4 is 46.7 Å². The van der Waals surface area contributed by atoms with Crippen LogP contribution in [0.4, 0.5) is 11.4 Å². The molecule has 2 aliphatic heterocycles. The van der Waals surface area contributed by atoms with Crippen molar-refractivity contribution in [1.29, 1.82) is 0 Å². The summed E-state index contributed by atoms with van der Waals surface area (Å²) in [7, 11) is 0. The van der Waals surface area contributed by atoms with Crippen molar-refractivity contribution in [2.75, 3.05) is 16.3 Å². The highest BCUT2D eigenvalue weighted by Gasteiger charge is 2.61. The van der Waals surface area contributed by atoms with E-state index < -0.39 is 11.9 Å². The zero-order valence-corrected chi connectivity index (χ0v) is 20.0. The van der Waals surface area contributed by atoms with Crippen LogP contribution in [0.2, 0.25) is 5.02 Å². The fraction of sp³-hybridized carbons (Fsp3) is 0.407. The van der Waals surface area contributed by atoms with Gasteiger partial charge in [0, 0.05) is 29.7 Å². The molecule has 0 N–H and O–H groups in total. The van der Waals surface area contributed by atoms with Crippen LogP contribution in [0.1, 0.15) is 31.2 Å². The molecule has 2 saturated heterocycles. The Kier molecular flexibility index (Phi) is 5.22. The maximum Gasteiger partial charge on any atom is 0.316 e. The highest BCUT2D eigenvalue weighted by Crippen LogP contribution is 2.56. The number of carbonyl (C=O) groups excluding carboxylic acids is 4. The predicted octanol–water partition coefficient (Wildman–Crippen LogP) is 4.14. The molecule has 0 spiro atoms. The van der Waals surface area contributed by atoms with Crippen molar-refractivity contribution < 1.29 is 23.9 Å². The summed E-state index contributed by atoms with van der Waals surface area (Å²) in [5, 5.41) is 0.557. The third-order valence-corrected chi connectivity index (χ3v) is 8.55. The Bertz CT molecular complexity index is 1250. The topological polar surface area (TPSA) is 84.0 Å². The van der Waals surface area contributed by atoms with Gasteiger partial charge in [-0.05, 0) is 67.9 Å². The number of ether oxygens (including phenoxy) is 1. The van der Waals surface area contributed by atoms with Crippen LogP contribution < -0.4 is 14.5 Å². The van der Waals surface area contributed by atoms with Gasteiger partial charge in [-0.2, -0.15) is 0 Å². The summed E-state index contributed by atoms with van der Waals surface area (Å²) in [4.78, 5) is 54.6. The minimum atomic E-state index is -0.628. The first-order chi connectivity index (χ1) is 16.8. The quantitative estimate of drug-likeness (QED) is 0.364. The molecule has 0 radical (unpaired) electrons. The number of anilines is 2. The number of nitrogens with zero attached hydrogens (tertiary/aromatic N) is 2. The second kappa shape index (κ2) is 8.19. The molecule has 2 heterocycles. The lowest BCUT2D eigenvalue weighted by atomic mass is 9.81. The lowest BCUT2D eigenvalue weighted by Crippen LogP contribution is -2.32. The number of fused-ring (bicyclic) bond motifs is 5. The van der Waals surface area contributed by atoms with Crippen LogP contribution in [0.5, 0.6) is 5.75 Å². The molecule has 2 bridgehead atoms. The van der Waals surface area contributed by atoms with Crippen LogP contribution in [0.3, 0.4) is 0 Å². The summed E-state index contributed by atoms with van der Waals surface area (Å²) >= 11 is 6.20. The van der Waals surface area contributed by atoms with Gasteiger partial charge in [-0.1, -0.05) is 23.7 Å². The molecule has 180 valence electrons. The Morgan fingerprint density at radius 3 is 2.37 bits per heavy atom. The maximum atomic E-state index is 13.1. The number of halogens is 1. The highest BCUT2D eigenvalue weighted by molar-refractivity contribution is 6.31. The molecule has 2 aliphatic carbocycles. The Balaban J connectivity index is 1.16. The lowest BCUT2D eigenvalue weighted by Gasteiger charge is -2.19. The van der Waals surface area contributed by atoms with Crippen LogP contribution in [-0.2, 0) is 19.2 Å². The lowest BCUT2D eigenvalue weighted by molar-refractivity contribution is -0.139. The molecule has 4 fully saturated rings. The van der Waals surface area contributed by atoms with E-state index in [1.54, 1.807) is 35.2 Å². The molecule has 2 saturated carbocycles.